The molecule has 0 radical (unpaired) electrons. The zero-order valence-electron chi connectivity index (χ0n) is 15.7. The van der Waals surface area contributed by atoms with Crippen molar-refractivity contribution < 1.29 is 13.6 Å². The Kier molecular flexibility index (Phi) is 7.95. The van der Waals surface area contributed by atoms with Crippen LogP contribution in [0, 0.1) is 5.41 Å². The van der Waals surface area contributed by atoms with Gasteiger partial charge in [-0.3, -0.25) is 0 Å². The largest absolute Gasteiger partial charge is 0.391 e. The van der Waals surface area contributed by atoms with Gasteiger partial charge < -0.3 is 13.6 Å². The van der Waals surface area contributed by atoms with Gasteiger partial charge in [-0.05, 0) is 36.9 Å². The SMILES string of the molecule is CCCO[Si](CCCC1(CC)COC1)(OCCC)c1ccccc1. The summed E-state index contributed by atoms with van der Waals surface area (Å²) in [5.74, 6) is 0. The van der Waals surface area contributed by atoms with Crippen molar-refractivity contribution in [2.24, 2.45) is 5.41 Å². The van der Waals surface area contributed by atoms with Crippen LogP contribution in [0.15, 0.2) is 30.3 Å². The lowest BCUT2D eigenvalue weighted by Crippen LogP contribution is -2.54. The average molecular weight is 351 g/mol. The van der Waals surface area contributed by atoms with Crippen molar-refractivity contribution in [3.63, 3.8) is 0 Å². The first-order valence-electron chi connectivity index (χ1n) is 9.61. The van der Waals surface area contributed by atoms with E-state index in [0.717, 1.165) is 51.7 Å². The first-order chi connectivity index (χ1) is 11.7. The van der Waals surface area contributed by atoms with Gasteiger partial charge in [0.05, 0.1) is 13.2 Å². The molecule has 1 saturated heterocycles. The number of benzene rings is 1. The Hall–Kier alpha value is -0.683. The lowest BCUT2D eigenvalue weighted by Gasteiger charge is -2.41. The third-order valence-corrected chi connectivity index (χ3v) is 8.64. The lowest BCUT2D eigenvalue weighted by molar-refractivity contribution is -0.119. The van der Waals surface area contributed by atoms with Crippen LogP contribution in [0.4, 0.5) is 0 Å². The minimum atomic E-state index is -2.36. The second kappa shape index (κ2) is 9.71. The maximum atomic E-state index is 6.45. The van der Waals surface area contributed by atoms with Crippen molar-refractivity contribution in [2.75, 3.05) is 26.4 Å². The second-order valence-electron chi connectivity index (χ2n) is 7.02. The van der Waals surface area contributed by atoms with E-state index in [2.05, 4.69) is 51.1 Å². The van der Waals surface area contributed by atoms with Crippen molar-refractivity contribution in [2.45, 2.75) is 58.9 Å². The molecule has 0 amide bonds. The van der Waals surface area contributed by atoms with Gasteiger partial charge in [0.15, 0.2) is 0 Å². The topological polar surface area (TPSA) is 27.7 Å². The second-order valence-corrected chi connectivity index (χ2v) is 10.2. The molecule has 0 atom stereocenters. The maximum Gasteiger partial charge on any atom is 0.372 e. The van der Waals surface area contributed by atoms with Crippen molar-refractivity contribution in [1.82, 2.24) is 0 Å². The highest BCUT2D eigenvalue weighted by Crippen LogP contribution is 2.37. The van der Waals surface area contributed by atoms with E-state index >= 15 is 0 Å². The molecular weight excluding hydrogens is 316 g/mol. The van der Waals surface area contributed by atoms with Gasteiger partial charge in [0.1, 0.15) is 0 Å². The third kappa shape index (κ3) is 4.91. The van der Waals surface area contributed by atoms with Crippen LogP contribution in [0.3, 0.4) is 0 Å². The summed E-state index contributed by atoms with van der Waals surface area (Å²) in [6, 6.07) is 11.7. The summed E-state index contributed by atoms with van der Waals surface area (Å²) in [5, 5.41) is 1.28. The Morgan fingerprint density at radius 3 is 2.08 bits per heavy atom. The molecule has 24 heavy (non-hydrogen) atoms. The standard InChI is InChI=1S/C20H34O3Si/c1-4-14-22-24(23-15-5-2,19-11-8-7-9-12-19)16-10-13-20(6-3)17-21-18-20/h7-9,11-12H,4-6,10,13-18H2,1-3H3. The Morgan fingerprint density at radius 1 is 1.00 bits per heavy atom. The molecule has 1 heterocycles. The summed E-state index contributed by atoms with van der Waals surface area (Å²) in [6.07, 6.45) is 5.65. The predicted octanol–water partition coefficient (Wildman–Crippen LogP) is 4.40. The summed E-state index contributed by atoms with van der Waals surface area (Å²) in [4.78, 5) is 0. The molecule has 0 spiro atoms. The minimum absolute atomic E-state index is 0.409. The van der Waals surface area contributed by atoms with E-state index in [0.29, 0.717) is 5.41 Å². The molecule has 0 bridgehead atoms. The normalized spacial score (nSPS) is 16.8. The van der Waals surface area contributed by atoms with Crippen LogP contribution in [-0.4, -0.2) is 35.0 Å². The van der Waals surface area contributed by atoms with Crippen LogP contribution in [-0.2, 0) is 13.6 Å². The van der Waals surface area contributed by atoms with Crippen molar-refractivity contribution in [1.29, 1.82) is 0 Å². The van der Waals surface area contributed by atoms with E-state index < -0.39 is 8.56 Å². The fourth-order valence-corrected chi connectivity index (χ4v) is 6.74. The molecule has 4 heteroatoms. The van der Waals surface area contributed by atoms with E-state index in [9.17, 15) is 0 Å². The van der Waals surface area contributed by atoms with Crippen LogP contribution < -0.4 is 5.19 Å². The minimum Gasteiger partial charge on any atom is -0.391 e. The van der Waals surface area contributed by atoms with Crippen molar-refractivity contribution in [3.05, 3.63) is 30.3 Å². The number of rotatable bonds is 12. The molecule has 136 valence electrons. The summed E-state index contributed by atoms with van der Waals surface area (Å²) in [7, 11) is -2.36. The average Bonchev–Trinajstić information content (AvgIpc) is 2.60. The maximum absolute atomic E-state index is 6.45. The van der Waals surface area contributed by atoms with Gasteiger partial charge >= 0.3 is 8.56 Å². The number of hydrogen-bond acceptors (Lipinski definition) is 3. The highest BCUT2D eigenvalue weighted by Gasteiger charge is 2.42. The fraction of sp³-hybridized carbons (Fsp3) is 0.700. The van der Waals surface area contributed by atoms with Crippen LogP contribution in [0.5, 0.6) is 0 Å². The fourth-order valence-electron chi connectivity index (χ4n) is 3.34. The van der Waals surface area contributed by atoms with E-state index in [4.69, 9.17) is 13.6 Å². The van der Waals surface area contributed by atoms with Crippen LogP contribution in [0.1, 0.15) is 52.9 Å². The third-order valence-electron chi connectivity index (χ3n) is 5.07. The first-order valence-corrected chi connectivity index (χ1v) is 11.6. The smallest absolute Gasteiger partial charge is 0.372 e. The molecule has 1 aliphatic heterocycles. The molecule has 0 saturated carbocycles. The van der Waals surface area contributed by atoms with Crippen LogP contribution in [0.25, 0.3) is 0 Å². The Bertz CT molecular complexity index is 446. The monoisotopic (exact) mass is 350 g/mol. The van der Waals surface area contributed by atoms with E-state index in [1.165, 1.54) is 18.0 Å². The van der Waals surface area contributed by atoms with Crippen molar-refractivity contribution in [3.8, 4) is 0 Å². The predicted molar refractivity (Wildman–Crippen MR) is 102 cm³/mol. The summed E-state index contributed by atoms with van der Waals surface area (Å²) < 4.78 is 18.4. The zero-order chi connectivity index (χ0) is 17.3. The van der Waals surface area contributed by atoms with E-state index in [1.54, 1.807) is 0 Å². The molecule has 0 aliphatic carbocycles. The van der Waals surface area contributed by atoms with Gasteiger partial charge in [0.25, 0.3) is 0 Å². The Labute approximate surface area is 149 Å². The van der Waals surface area contributed by atoms with Gasteiger partial charge in [-0.15, -0.1) is 0 Å². The van der Waals surface area contributed by atoms with Gasteiger partial charge in [-0.1, -0.05) is 57.5 Å². The molecule has 1 aromatic rings. The van der Waals surface area contributed by atoms with Crippen LogP contribution in [0.2, 0.25) is 6.04 Å². The molecule has 1 fully saturated rings. The molecule has 0 unspecified atom stereocenters. The quantitative estimate of drug-likeness (QED) is 0.523. The summed E-state index contributed by atoms with van der Waals surface area (Å²) >= 11 is 0. The van der Waals surface area contributed by atoms with Gasteiger partial charge in [-0.25, -0.2) is 0 Å². The van der Waals surface area contributed by atoms with Gasteiger partial charge in [-0.2, -0.15) is 0 Å². The Balaban J connectivity index is 2.10. The number of hydrogen-bond donors (Lipinski definition) is 0. The number of ether oxygens (including phenoxy) is 1. The highest BCUT2D eigenvalue weighted by molar-refractivity contribution is 6.81. The zero-order valence-corrected chi connectivity index (χ0v) is 16.7. The lowest BCUT2D eigenvalue weighted by atomic mass is 9.79. The van der Waals surface area contributed by atoms with Crippen molar-refractivity contribution >= 4 is 13.7 Å². The first kappa shape index (κ1) is 19.6. The molecular formula is C20H34O3Si. The molecule has 3 nitrogen and oxygen atoms in total. The molecule has 1 aromatic carbocycles. The van der Waals surface area contributed by atoms with E-state index in [1.807, 2.05) is 0 Å². The van der Waals surface area contributed by atoms with E-state index in [-0.39, 0.29) is 0 Å². The molecule has 0 aromatic heterocycles. The van der Waals surface area contributed by atoms with Crippen LogP contribution >= 0.6 is 0 Å². The molecule has 2 rings (SSSR count). The van der Waals surface area contributed by atoms with Gasteiger partial charge in [0, 0.05) is 18.6 Å². The highest BCUT2D eigenvalue weighted by atomic mass is 28.4. The molecule has 0 N–H and O–H groups in total. The summed E-state index contributed by atoms with van der Waals surface area (Å²) in [5.41, 5.74) is 0.409. The molecule has 1 aliphatic rings. The van der Waals surface area contributed by atoms with Gasteiger partial charge in [0.2, 0.25) is 0 Å². The Morgan fingerprint density at radius 2 is 1.62 bits per heavy atom. The summed E-state index contributed by atoms with van der Waals surface area (Å²) in [6.45, 7) is 10.0.